The molecule has 0 spiro atoms. The highest BCUT2D eigenvalue weighted by atomic mass is 35.5. The lowest BCUT2D eigenvalue weighted by molar-refractivity contribution is -0.218. The third kappa shape index (κ3) is 20.9. The Morgan fingerprint density at radius 2 is 1.01 bits per heavy atom. The van der Waals surface area contributed by atoms with Gasteiger partial charge in [0.25, 0.3) is 0 Å². The van der Waals surface area contributed by atoms with Gasteiger partial charge in [0.05, 0.1) is 63.5 Å². The van der Waals surface area contributed by atoms with Crippen molar-refractivity contribution in [2.45, 2.75) is 109 Å². The van der Waals surface area contributed by atoms with Gasteiger partial charge in [0.15, 0.2) is 17.8 Å². The molecule has 5 rings (SSSR count). The highest BCUT2D eigenvalue weighted by Crippen LogP contribution is 2.33. The number of carbonyl (C=O) groups is 5. The van der Waals surface area contributed by atoms with Crippen molar-refractivity contribution >= 4 is 41.8 Å². The average molecular weight is 980 g/mol. The van der Waals surface area contributed by atoms with Gasteiger partial charge in [0.2, 0.25) is 0 Å². The van der Waals surface area contributed by atoms with Crippen molar-refractivity contribution in [2.75, 3.05) is 45.5 Å². The lowest BCUT2D eigenvalue weighted by Gasteiger charge is -2.26. The number of unbranched alkanes of at least 4 members (excludes halogenated alkanes) is 6. The fourth-order valence-corrected chi connectivity index (χ4v) is 8.09. The Balaban J connectivity index is 0.886. The Kier molecular flexibility index (Phi) is 24.8. The van der Waals surface area contributed by atoms with Gasteiger partial charge in [-0.15, -0.1) is 11.6 Å². The molecule has 2 fully saturated rings. The smallest absolute Gasteiger partial charge is 0.330 e. The van der Waals surface area contributed by atoms with E-state index in [2.05, 4.69) is 6.58 Å². The summed E-state index contributed by atoms with van der Waals surface area (Å²) in [7, 11) is 0. The van der Waals surface area contributed by atoms with E-state index in [0.717, 1.165) is 88.9 Å². The van der Waals surface area contributed by atoms with Crippen LogP contribution in [0.5, 0.6) is 34.5 Å². The third-order valence-corrected chi connectivity index (χ3v) is 12.2. The first-order valence-electron chi connectivity index (χ1n) is 24.3. The van der Waals surface area contributed by atoms with Crippen LogP contribution in [0, 0.1) is 23.7 Å². The number of rotatable bonds is 32. The van der Waals surface area contributed by atoms with Gasteiger partial charge in [-0.1, -0.05) is 6.58 Å². The molecule has 0 radical (unpaired) electrons. The number of hydrogen-bond acceptors (Lipinski definition) is 15. The molecule has 0 aromatic heterocycles. The predicted octanol–water partition coefficient (Wildman–Crippen LogP) is 10.7. The molecule has 0 aliphatic heterocycles. The maximum absolute atomic E-state index is 13.1. The number of carbonyl (C=O) groups excluding carboxylic acids is 5. The summed E-state index contributed by atoms with van der Waals surface area (Å²) in [5.41, 5.74) is 0.190. The molecular formula is C53H67ClO15. The van der Waals surface area contributed by atoms with E-state index in [1.807, 2.05) is 12.1 Å². The van der Waals surface area contributed by atoms with Crippen LogP contribution in [0.2, 0.25) is 0 Å². The predicted molar refractivity (Wildman–Crippen MR) is 255 cm³/mol. The van der Waals surface area contributed by atoms with Crippen LogP contribution in [0.3, 0.4) is 0 Å². The van der Waals surface area contributed by atoms with Crippen molar-refractivity contribution in [2.24, 2.45) is 23.7 Å². The van der Waals surface area contributed by atoms with E-state index < -0.39 is 5.97 Å². The first-order chi connectivity index (χ1) is 33.7. The maximum atomic E-state index is 13.1. The first kappa shape index (κ1) is 54.3. The molecule has 0 atom stereocenters. The summed E-state index contributed by atoms with van der Waals surface area (Å²) in [4.78, 5) is 82.4. The Bertz CT molecular complexity index is 2010. The van der Waals surface area contributed by atoms with Crippen LogP contribution in [0.4, 0.5) is 0 Å². The van der Waals surface area contributed by atoms with Crippen LogP contribution in [-0.2, 0) is 38.4 Å². The highest BCUT2D eigenvalue weighted by molar-refractivity contribution is 6.18. The minimum absolute atomic E-state index is 0.167. The van der Waals surface area contributed by atoms with Gasteiger partial charge in [-0.3, -0.25) is 19.2 Å². The van der Waals surface area contributed by atoms with Crippen molar-refractivity contribution < 1.29 is 71.9 Å². The van der Waals surface area contributed by atoms with Crippen molar-refractivity contribution in [1.82, 2.24) is 0 Å². The molecular weight excluding hydrogens is 912 g/mol. The number of ether oxygens (including phenoxy) is 6. The van der Waals surface area contributed by atoms with Crippen molar-refractivity contribution in [3.05, 3.63) is 84.9 Å². The van der Waals surface area contributed by atoms with Gasteiger partial charge in [-0.25, -0.2) is 4.79 Å². The number of aldehydes is 1. The second-order valence-electron chi connectivity index (χ2n) is 17.3. The molecule has 15 nitrogen and oxygen atoms in total. The molecule has 0 N–H and O–H groups in total. The minimum atomic E-state index is -0.402. The van der Waals surface area contributed by atoms with Crippen LogP contribution in [0.1, 0.15) is 120 Å². The largest absolute Gasteiger partial charge is 0.494 e. The summed E-state index contributed by atoms with van der Waals surface area (Å²) in [6, 6.07) is 18.8. The molecule has 2 aliphatic rings. The van der Waals surface area contributed by atoms with E-state index in [-0.39, 0.29) is 77.5 Å². The van der Waals surface area contributed by atoms with Gasteiger partial charge in [0, 0.05) is 12.0 Å². The Morgan fingerprint density at radius 1 is 0.551 bits per heavy atom. The van der Waals surface area contributed by atoms with Crippen LogP contribution in [-0.4, -0.2) is 75.7 Å². The maximum Gasteiger partial charge on any atom is 0.330 e. The molecule has 3 aromatic carbocycles. The van der Waals surface area contributed by atoms with Gasteiger partial charge in [0.1, 0.15) is 23.0 Å². The molecule has 3 aromatic rings. The molecule has 16 heteroatoms. The normalized spacial score (nSPS) is 17.7. The first-order valence-corrected chi connectivity index (χ1v) is 24.8. The van der Waals surface area contributed by atoms with Crippen molar-refractivity contribution in [3.63, 3.8) is 0 Å². The van der Waals surface area contributed by atoms with Crippen LogP contribution in [0.25, 0.3) is 0 Å². The Hall–Kier alpha value is -5.64. The molecule has 0 bridgehead atoms. The zero-order chi connectivity index (χ0) is 48.9. The second-order valence-corrected chi connectivity index (χ2v) is 17.7. The molecule has 376 valence electrons. The lowest BCUT2D eigenvalue weighted by Crippen LogP contribution is -2.27. The quantitative estimate of drug-likeness (QED) is 0.00843. The summed E-state index contributed by atoms with van der Waals surface area (Å²) in [5, 5.41) is 0. The summed E-state index contributed by atoms with van der Waals surface area (Å²) in [6.45, 7) is 6.01. The lowest BCUT2D eigenvalue weighted by atomic mass is 9.82. The van der Waals surface area contributed by atoms with Crippen LogP contribution < -0.4 is 28.7 Å². The third-order valence-electron chi connectivity index (χ3n) is 12.1. The van der Waals surface area contributed by atoms with E-state index in [4.69, 9.17) is 59.6 Å². The zero-order valence-corrected chi connectivity index (χ0v) is 40.3. The van der Waals surface area contributed by atoms with Gasteiger partial charge in [-0.05, 0) is 181 Å². The molecule has 0 heterocycles. The van der Waals surface area contributed by atoms with E-state index in [9.17, 15) is 24.0 Å². The number of esters is 4. The molecule has 0 saturated heterocycles. The molecule has 69 heavy (non-hydrogen) atoms. The van der Waals surface area contributed by atoms with Crippen LogP contribution >= 0.6 is 11.6 Å². The molecule has 0 amide bonds. The summed E-state index contributed by atoms with van der Waals surface area (Å²) >= 11 is 5.53. The number of alkyl halides is 1. The number of hydrogen-bond donors (Lipinski definition) is 0. The fraction of sp³-hybridized carbons (Fsp3) is 0.528. The minimum Gasteiger partial charge on any atom is -0.494 e. The number of benzene rings is 3. The summed E-state index contributed by atoms with van der Waals surface area (Å²) < 4.78 is 33.0. The monoisotopic (exact) mass is 978 g/mol. The van der Waals surface area contributed by atoms with E-state index >= 15 is 0 Å². The van der Waals surface area contributed by atoms with E-state index in [1.54, 1.807) is 48.5 Å². The van der Waals surface area contributed by atoms with Gasteiger partial charge in [-0.2, -0.15) is 9.78 Å². The standard InChI is InChI=1S/C53H67ClO15/c1-2-50(56)62-33-9-5-3-7-31-60-44-19-23-46(24-20-44)66-52(58)41-15-13-40(14-16-41)38-65-69-49-28-27-48(35-43(49)36-55)67-53(59)42-17-11-39(12-18-42)37-64-68-47-25-21-45(22-26-47)61-32-8-4-6-10-34-63-51(57)29-30-54/h2,19-28,35-36,39-42H,1,3-18,29-34,37-38H2. The summed E-state index contributed by atoms with van der Waals surface area (Å²) in [5.74, 6) is 1.85. The molecule has 0 unspecified atom stereocenters. The number of halogens is 1. The van der Waals surface area contributed by atoms with Gasteiger partial charge < -0.3 is 38.2 Å². The summed E-state index contributed by atoms with van der Waals surface area (Å²) in [6.07, 6.45) is 14.9. The zero-order valence-electron chi connectivity index (χ0n) is 39.5. The van der Waals surface area contributed by atoms with E-state index in [0.29, 0.717) is 82.3 Å². The SMILES string of the molecule is C=CC(=O)OCCCCCCOc1ccc(OC(=O)C2CCC(COOc3ccc(OC(=O)C4CCC(COOc5ccc(OCCCCCCOC(=O)CCCl)cc5)CC4)cc3C=O)CC2)cc1. The fourth-order valence-electron chi connectivity index (χ4n) is 7.94. The van der Waals surface area contributed by atoms with Gasteiger partial charge >= 0.3 is 23.9 Å². The average Bonchev–Trinajstić information content (AvgIpc) is 3.37. The van der Waals surface area contributed by atoms with Crippen molar-refractivity contribution in [3.8, 4) is 34.5 Å². The Labute approximate surface area is 410 Å². The Morgan fingerprint density at radius 3 is 1.54 bits per heavy atom. The van der Waals surface area contributed by atoms with E-state index in [1.165, 1.54) is 6.07 Å². The second kappa shape index (κ2) is 31.5. The van der Waals surface area contributed by atoms with Crippen LogP contribution in [0.15, 0.2) is 79.4 Å². The molecule has 2 aliphatic carbocycles. The topological polar surface area (TPSA) is 178 Å². The van der Waals surface area contributed by atoms with Crippen molar-refractivity contribution in [1.29, 1.82) is 0 Å². The molecule has 2 saturated carbocycles. The highest BCUT2D eigenvalue weighted by Gasteiger charge is 2.30.